The number of aryl methyl sites for hydroxylation is 1. The normalized spacial score (nSPS) is 10.6. The van der Waals surface area contributed by atoms with Crippen LogP contribution in [0.4, 0.5) is 0 Å². The van der Waals surface area contributed by atoms with Crippen LogP contribution in [0.1, 0.15) is 18.9 Å². The maximum atomic E-state index is 3.01. The largest absolute Gasteiger partial charge is 0.0917 e. The molecular formula is C11H13. The van der Waals surface area contributed by atoms with Gasteiger partial charge in [-0.15, -0.1) is 0 Å². The Morgan fingerprint density at radius 1 is 1.36 bits per heavy atom. The summed E-state index contributed by atoms with van der Waals surface area (Å²) in [6.45, 7) is 2.05. The van der Waals surface area contributed by atoms with Crippen molar-refractivity contribution in [2.75, 3.05) is 0 Å². The van der Waals surface area contributed by atoms with Crippen LogP contribution in [0.25, 0.3) is 0 Å². The molecule has 0 aliphatic heterocycles. The Hall–Kier alpha value is -1.04. The molecule has 0 aliphatic carbocycles. The van der Waals surface area contributed by atoms with Gasteiger partial charge in [0.2, 0.25) is 0 Å². The summed E-state index contributed by atoms with van der Waals surface area (Å²) in [6, 6.07) is 11.2. The first-order valence-corrected chi connectivity index (χ1v) is 3.99. The standard InChI is InChI=1S/C11H13/c1-2-3-5-8-11-9-6-4-7-10-11/h2-3,6-7,9-10H,5,8H2,1H3. The summed E-state index contributed by atoms with van der Waals surface area (Å²) in [6.07, 6.45) is 6.56. The molecule has 0 spiro atoms. The Kier molecular flexibility index (Phi) is 3.46. The molecule has 0 unspecified atom stereocenters. The van der Waals surface area contributed by atoms with Crippen molar-refractivity contribution in [2.24, 2.45) is 0 Å². The third-order valence-corrected chi connectivity index (χ3v) is 1.62. The maximum Gasteiger partial charge on any atom is -0.0184 e. The van der Waals surface area contributed by atoms with E-state index in [0.717, 1.165) is 12.8 Å². The molecule has 0 nitrogen and oxygen atoms in total. The highest BCUT2D eigenvalue weighted by molar-refractivity contribution is 5.14. The summed E-state index contributed by atoms with van der Waals surface area (Å²) in [5.74, 6) is 0. The smallest absolute Gasteiger partial charge is 0.0184 e. The van der Waals surface area contributed by atoms with Gasteiger partial charge in [0.05, 0.1) is 0 Å². The Balaban J connectivity index is 2.39. The van der Waals surface area contributed by atoms with E-state index in [1.165, 1.54) is 5.56 Å². The molecule has 1 aromatic rings. The molecule has 1 aromatic carbocycles. The van der Waals surface area contributed by atoms with Gasteiger partial charge in [-0.1, -0.05) is 36.4 Å². The van der Waals surface area contributed by atoms with Crippen LogP contribution in [0.15, 0.2) is 36.4 Å². The molecule has 0 aromatic heterocycles. The van der Waals surface area contributed by atoms with Gasteiger partial charge in [-0.25, -0.2) is 0 Å². The SMILES string of the molecule is CC=CCCc1cc[c]cc1. The van der Waals surface area contributed by atoms with E-state index in [9.17, 15) is 0 Å². The van der Waals surface area contributed by atoms with Crippen molar-refractivity contribution < 1.29 is 0 Å². The molecule has 0 atom stereocenters. The maximum absolute atomic E-state index is 3.01. The highest BCUT2D eigenvalue weighted by Gasteiger charge is 1.86. The number of hydrogen-bond donors (Lipinski definition) is 0. The molecule has 1 radical (unpaired) electrons. The van der Waals surface area contributed by atoms with Crippen molar-refractivity contribution in [2.45, 2.75) is 19.8 Å². The van der Waals surface area contributed by atoms with E-state index < -0.39 is 0 Å². The number of rotatable bonds is 3. The van der Waals surface area contributed by atoms with E-state index in [4.69, 9.17) is 0 Å². The lowest BCUT2D eigenvalue weighted by atomic mass is 10.1. The van der Waals surface area contributed by atoms with Crippen LogP contribution in [0.2, 0.25) is 0 Å². The minimum absolute atomic E-state index is 1.14. The van der Waals surface area contributed by atoms with Crippen molar-refractivity contribution in [3.05, 3.63) is 48.0 Å². The second-order valence-electron chi connectivity index (χ2n) is 2.52. The lowest BCUT2D eigenvalue weighted by molar-refractivity contribution is 0.999. The van der Waals surface area contributed by atoms with Gasteiger partial charge in [-0.2, -0.15) is 0 Å². The monoisotopic (exact) mass is 145 g/mol. The Bertz CT molecular complexity index is 209. The van der Waals surface area contributed by atoms with Gasteiger partial charge < -0.3 is 0 Å². The van der Waals surface area contributed by atoms with Crippen LogP contribution in [-0.4, -0.2) is 0 Å². The Labute approximate surface area is 68.6 Å². The van der Waals surface area contributed by atoms with E-state index in [-0.39, 0.29) is 0 Å². The molecule has 0 fully saturated rings. The minimum atomic E-state index is 1.14. The molecular weight excluding hydrogens is 132 g/mol. The number of benzene rings is 1. The highest BCUT2D eigenvalue weighted by Crippen LogP contribution is 2.01. The summed E-state index contributed by atoms with van der Waals surface area (Å²) in [5.41, 5.74) is 1.39. The van der Waals surface area contributed by atoms with Gasteiger partial charge in [-0.3, -0.25) is 0 Å². The summed E-state index contributed by atoms with van der Waals surface area (Å²) >= 11 is 0. The van der Waals surface area contributed by atoms with Crippen molar-refractivity contribution in [1.29, 1.82) is 0 Å². The molecule has 11 heavy (non-hydrogen) atoms. The molecule has 0 N–H and O–H groups in total. The molecule has 1 rings (SSSR count). The molecule has 0 bridgehead atoms. The van der Waals surface area contributed by atoms with Gasteiger partial charge in [0.25, 0.3) is 0 Å². The predicted octanol–water partition coefficient (Wildman–Crippen LogP) is 3.00. The number of allylic oxidation sites excluding steroid dienone is 2. The molecule has 57 valence electrons. The van der Waals surface area contributed by atoms with E-state index in [0.29, 0.717) is 0 Å². The molecule has 0 heteroatoms. The zero-order valence-electron chi connectivity index (χ0n) is 6.88. The molecule has 0 heterocycles. The molecule has 0 aliphatic rings. The van der Waals surface area contributed by atoms with E-state index in [2.05, 4.69) is 37.3 Å². The van der Waals surface area contributed by atoms with Crippen LogP contribution in [0.5, 0.6) is 0 Å². The zero-order chi connectivity index (χ0) is 7.94. The topological polar surface area (TPSA) is 0 Å². The van der Waals surface area contributed by atoms with Crippen LogP contribution >= 0.6 is 0 Å². The van der Waals surface area contributed by atoms with Gasteiger partial charge in [0, 0.05) is 0 Å². The summed E-state index contributed by atoms with van der Waals surface area (Å²) in [4.78, 5) is 0. The minimum Gasteiger partial charge on any atom is -0.0917 e. The second kappa shape index (κ2) is 4.73. The summed E-state index contributed by atoms with van der Waals surface area (Å²) < 4.78 is 0. The molecule has 0 amide bonds. The van der Waals surface area contributed by atoms with Gasteiger partial charge in [-0.05, 0) is 31.4 Å². The third kappa shape index (κ3) is 3.03. The highest BCUT2D eigenvalue weighted by atomic mass is 13.9. The van der Waals surface area contributed by atoms with Gasteiger partial charge >= 0.3 is 0 Å². The summed E-state index contributed by atoms with van der Waals surface area (Å²) in [5, 5.41) is 0. The fraction of sp³-hybridized carbons (Fsp3) is 0.273. The van der Waals surface area contributed by atoms with E-state index >= 15 is 0 Å². The van der Waals surface area contributed by atoms with Gasteiger partial charge in [0.1, 0.15) is 0 Å². The third-order valence-electron chi connectivity index (χ3n) is 1.62. The second-order valence-corrected chi connectivity index (χ2v) is 2.52. The van der Waals surface area contributed by atoms with Crippen LogP contribution < -0.4 is 0 Å². The average Bonchev–Trinajstić information content (AvgIpc) is 2.07. The van der Waals surface area contributed by atoms with Crippen molar-refractivity contribution >= 4 is 0 Å². The lowest BCUT2D eigenvalue weighted by Crippen LogP contribution is -1.80. The van der Waals surface area contributed by atoms with E-state index in [1.807, 2.05) is 12.1 Å². The lowest BCUT2D eigenvalue weighted by Gasteiger charge is -1.94. The first-order chi connectivity index (χ1) is 5.43. The van der Waals surface area contributed by atoms with E-state index in [1.54, 1.807) is 0 Å². The fourth-order valence-electron chi connectivity index (χ4n) is 1.00. The fourth-order valence-corrected chi connectivity index (χ4v) is 1.00. The van der Waals surface area contributed by atoms with Crippen LogP contribution in [0.3, 0.4) is 0 Å². The number of hydrogen-bond acceptors (Lipinski definition) is 0. The first kappa shape index (κ1) is 8.06. The average molecular weight is 145 g/mol. The molecule has 0 saturated heterocycles. The van der Waals surface area contributed by atoms with Crippen molar-refractivity contribution in [3.63, 3.8) is 0 Å². The van der Waals surface area contributed by atoms with Crippen molar-refractivity contribution in [3.8, 4) is 0 Å². The Morgan fingerprint density at radius 2 is 2.09 bits per heavy atom. The Morgan fingerprint density at radius 3 is 2.73 bits per heavy atom. The van der Waals surface area contributed by atoms with Crippen molar-refractivity contribution in [1.82, 2.24) is 0 Å². The van der Waals surface area contributed by atoms with Crippen LogP contribution in [-0.2, 0) is 6.42 Å². The zero-order valence-corrected chi connectivity index (χ0v) is 6.88. The van der Waals surface area contributed by atoms with Gasteiger partial charge in [0.15, 0.2) is 0 Å². The first-order valence-electron chi connectivity index (χ1n) is 3.99. The predicted molar refractivity (Wildman–Crippen MR) is 48.4 cm³/mol. The van der Waals surface area contributed by atoms with Crippen LogP contribution in [0, 0.1) is 6.07 Å². The quantitative estimate of drug-likeness (QED) is 0.573. The molecule has 0 saturated carbocycles. The summed E-state index contributed by atoms with van der Waals surface area (Å²) in [7, 11) is 0.